The molecule has 0 bridgehead atoms. The molecule has 2 rings (SSSR count). The van der Waals surface area contributed by atoms with Gasteiger partial charge in [-0.15, -0.1) is 0 Å². The average Bonchev–Trinajstić information content (AvgIpc) is 2.49. The van der Waals surface area contributed by atoms with Crippen LogP contribution in [0.4, 0.5) is 0 Å². The van der Waals surface area contributed by atoms with Gasteiger partial charge in [0.1, 0.15) is 0 Å². The molecule has 1 aromatic rings. The van der Waals surface area contributed by atoms with E-state index in [1.165, 1.54) is 19.3 Å². The number of rotatable bonds is 4. The van der Waals surface area contributed by atoms with Crippen molar-refractivity contribution in [1.29, 1.82) is 0 Å². The molecule has 0 saturated carbocycles. The number of piperidine rings is 1. The SMILES string of the molecule is CCC(C)(C(O)c1cc(Cl)ccc1Cl)N1CCCCC1. The van der Waals surface area contributed by atoms with Crippen LogP contribution in [0.1, 0.15) is 51.2 Å². The maximum Gasteiger partial charge on any atom is 0.0985 e. The second-order valence-electron chi connectivity index (χ2n) is 5.83. The Morgan fingerprint density at radius 3 is 2.50 bits per heavy atom. The Hall–Kier alpha value is -0.280. The first kappa shape index (κ1) is 16.1. The van der Waals surface area contributed by atoms with E-state index in [2.05, 4.69) is 18.7 Å². The summed E-state index contributed by atoms with van der Waals surface area (Å²) in [5, 5.41) is 12.1. The van der Waals surface area contributed by atoms with Crippen molar-refractivity contribution in [2.24, 2.45) is 0 Å². The lowest BCUT2D eigenvalue weighted by molar-refractivity contribution is -0.0351. The molecule has 1 heterocycles. The number of aliphatic hydroxyl groups excluding tert-OH is 1. The third kappa shape index (κ3) is 3.14. The molecule has 2 unspecified atom stereocenters. The quantitative estimate of drug-likeness (QED) is 0.872. The summed E-state index contributed by atoms with van der Waals surface area (Å²) in [7, 11) is 0. The molecule has 0 aliphatic carbocycles. The fraction of sp³-hybridized carbons (Fsp3) is 0.625. The molecule has 112 valence electrons. The zero-order valence-corrected chi connectivity index (χ0v) is 13.7. The van der Waals surface area contributed by atoms with Gasteiger partial charge in [-0.25, -0.2) is 0 Å². The summed E-state index contributed by atoms with van der Waals surface area (Å²) in [6, 6.07) is 5.30. The maximum absolute atomic E-state index is 10.9. The van der Waals surface area contributed by atoms with Crippen molar-refractivity contribution in [1.82, 2.24) is 4.90 Å². The first-order valence-electron chi connectivity index (χ1n) is 7.37. The van der Waals surface area contributed by atoms with Gasteiger partial charge in [-0.2, -0.15) is 0 Å². The smallest absolute Gasteiger partial charge is 0.0985 e. The molecule has 1 aliphatic heterocycles. The van der Waals surface area contributed by atoms with E-state index in [0.29, 0.717) is 10.0 Å². The molecule has 0 aromatic heterocycles. The number of aliphatic hydroxyl groups is 1. The van der Waals surface area contributed by atoms with Crippen molar-refractivity contribution in [2.45, 2.75) is 51.2 Å². The number of benzene rings is 1. The molecule has 1 N–H and O–H groups in total. The van der Waals surface area contributed by atoms with Gasteiger partial charge in [0.05, 0.1) is 6.10 Å². The Bertz CT molecular complexity index is 460. The normalized spacial score (nSPS) is 21.4. The third-order valence-electron chi connectivity index (χ3n) is 4.64. The minimum atomic E-state index is -0.628. The maximum atomic E-state index is 10.9. The lowest BCUT2D eigenvalue weighted by Gasteiger charge is -2.46. The predicted molar refractivity (Wildman–Crippen MR) is 85.5 cm³/mol. The van der Waals surface area contributed by atoms with Crippen LogP contribution in [0.2, 0.25) is 10.0 Å². The first-order valence-corrected chi connectivity index (χ1v) is 8.12. The fourth-order valence-electron chi connectivity index (χ4n) is 3.05. The Morgan fingerprint density at radius 2 is 1.90 bits per heavy atom. The standard InChI is InChI=1S/C16H23Cl2NO/c1-3-16(2,19-9-5-4-6-10-19)15(20)13-11-12(17)7-8-14(13)18/h7-8,11,15,20H,3-6,9-10H2,1-2H3. The van der Waals surface area contributed by atoms with Gasteiger partial charge in [-0.3, -0.25) is 4.90 Å². The largest absolute Gasteiger partial charge is 0.386 e. The van der Waals surface area contributed by atoms with E-state index in [4.69, 9.17) is 23.2 Å². The van der Waals surface area contributed by atoms with Crippen LogP contribution in [0.25, 0.3) is 0 Å². The van der Waals surface area contributed by atoms with E-state index in [0.717, 1.165) is 25.1 Å². The van der Waals surface area contributed by atoms with Crippen LogP contribution in [0.15, 0.2) is 18.2 Å². The second-order valence-corrected chi connectivity index (χ2v) is 6.67. The van der Waals surface area contributed by atoms with Crippen molar-refractivity contribution < 1.29 is 5.11 Å². The molecule has 1 aromatic carbocycles. The highest BCUT2D eigenvalue weighted by atomic mass is 35.5. The summed E-state index contributed by atoms with van der Waals surface area (Å²) in [4.78, 5) is 2.40. The van der Waals surface area contributed by atoms with Crippen LogP contribution < -0.4 is 0 Å². The predicted octanol–water partition coefficient (Wildman–Crippen LogP) is 4.68. The van der Waals surface area contributed by atoms with Crippen LogP contribution in [0, 0.1) is 0 Å². The van der Waals surface area contributed by atoms with Gasteiger partial charge >= 0.3 is 0 Å². The molecule has 1 saturated heterocycles. The minimum Gasteiger partial charge on any atom is -0.386 e. The van der Waals surface area contributed by atoms with Crippen LogP contribution >= 0.6 is 23.2 Å². The van der Waals surface area contributed by atoms with Crippen molar-refractivity contribution in [3.8, 4) is 0 Å². The Balaban J connectivity index is 2.31. The monoisotopic (exact) mass is 315 g/mol. The summed E-state index contributed by atoms with van der Waals surface area (Å²) in [6.45, 7) is 6.33. The summed E-state index contributed by atoms with van der Waals surface area (Å²) in [5.74, 6) is 0. The van der Waals surface area contributed by atoms with Crippen LogP contribution in [-0.2, 0) is 0 Å². The lowest BCUT2D eigenvalue weighted by atomic mass is 9.84. The molecular weight excluding hydrogens is 293 g/mol. The van der Waals surface area contributed by atoms with Crippen LogP contribution in [0.3, 0.4) is 0 Å². The van der Waals surface area contributed by atoms with E-state index >= 15 is 0 Å². The third-order valence-corrected chi connectivity index (χ3v) is 5.22. The van der Waals surface area contributed by atoms with E-state index in [1.807, 2.05) is 0 Å². The van der Waals surface area contributed by atoms with Gasteiger partial charge in [0.25, 0.3) is 0 Å². The van der Waals surface area contributed by atoms with Gasteiger partial charge in [0, 0.05) is 21.1 Å². The molecule has 1 fully saturated rings. The van der Waals surface area contributed by atoms with Crippen molar-refractivity contribution in [3.63, 3.8) is 0 Å². The number of nitrogens with zero attached hydrogens (tertiary/aromatic N) is 1. The summed E-state index contributed by atoms with van der Waals surface area (Å²) in [5.41, 5.74) is 0.434. The van der Waals surface area contributed by atoms with Crippen LogP contribution in [-0.4, -0.2) is 28.6 Å². The highest BCUT2D eigenvalue weighted by Crippen LogP contribution is 2.39. The number of hydrogen-bond donors (Lipinski definition) is 1. The molecule has 1 aliphatic rings. The van der Waals surface area contributed by atoms with Crippen molar-refractivity contribution in [2.75, 3.05) is 13.1 Å². The summed E-state index contributed by atoms with van der Waals surface area (Å²) in [6.07, 6.45) is 3.93. The number of hydrogen-bond acceptors (Lipinski definition) is 2. The van der Waals surface area contributed by atoms with E-state index in [-0.39, 0.29) is 5.54 Å². The Kier molecular flexibility index (Phi) is 5.36. The fourth-order valence-corrected chi connectivity index (χ4v) is 3.46. The average molecular weight is 316 g/mol. The van der Waals surface area contributed by atoms with Gasteiger partial charge in [0.2, 0.25) is 0 Å². The van der Waals surface area contributed by atoms with Crippen molar-refractivity contribution in [3.05, 3.63) is 33.8 Å². The van der Waals surface area contributed by atoms with Crippen molar-refractivity contribution >= 4 is 23.2 Å². The molecule has 0 radical (unpaired) electrons. The lowest BCUT2D eigenvalue weighted by Crippen LogP contribution is -2.52. The van der Waals surface area contributed by atoms with Gasteiger partial charge in [-0.1, -0.05) is 36.5 Å². The zero-order valence-electron chi connectivity index (χ0n) is 12.2. The second kappa shape index (κ2) is 6.65. The Labute approximate surface area is 131 Å². The zero-order chi connectivity index (χ0) is 14.8. The summed E-state index contributed by atoms with van der Waals surface area (Å²) >= 11 is 12.3. The molecule has 2 atom stereocenters. The molecule has 0 spiro atoms. The molecule has 0 amide bonds. The van der Waals surface area contributed by atoms with Gasteiger partial charge < -0.3 is 5.11 Å². The van der Waals surface area contributed by atoms with E-state index in [1.54, 1.807) is 18.2 Å². The molecule has 4 heteroatoms. The molecule has 2 nitrogen and oxygen atoms in total. The highest BCUT2D eigenvalue weighted by molar-refractivity contribution is 6.33. The van der Waals surface area contributed by atoms with Gasteiger partial charge in [0.15, 0.2) is 0 Å². The first-order chi connectivity index (χ1) is 9.49. The highest BCUT2D eigenvalue weighted by Gasteiger charge is 2.39. The Morgan fingerprint density at radius 1 is 1.25 bits per heavy atom. The topological polar surface area (TPSA) is 23.5 Å². The minimum absolute atomic E-state index is 0.297. The summed E-state index contributed by atoms with van der Waals surface area (Å²) < 4.78 is 0. The van der Waals surface area contributed by atoms with Gasteiger partial charge in [-0.05, 0) is 57.5 Å². The van der Waals surface area contributed by atoms with E-state index in [9.17, 15) is 5.11 Å². The molecular formula is C16H23Cl2NO. The number of likely N-dealkylation sites (tertiary alicyclic amines) is 1. The molecule has 20 heavy (non-hydrogen) atoms. The number of halogens is 2. The van der Waals surface area contributed by atoms with E-state index < -0.39 is 6.10 Å². The van der Waals surface area contributed by atoms with Crippen LogP contribution in [0.5, 0.6) is 0 Å².